The molecule has 0 saturated carbocycles. The summed E-state index contributed by atoms with van der Waals surface area (Å²) in [4.78, 5) is 2.20. The summed E-state index contributed by atoms with van der Waals surface area (Å²) < 4.78 is 5.62. The highest BCUT2D eigenvalue weighted by Crippen LogP contribution is 2.15. The summed E-state index contributed by atoms with van der Waals surface area (Å²) in [5, 5.41) is 0.720. The summed E-state index contributed by atoms with van der Waals surface area (Å²) in [6.07, 6.45) is 3.76. The van der Waals surface area contributed by atoms with E-state index in [0.29, 0.717) is 6.61 Å². The number of hydrogen-bond acceptors (Lipinski definition) is 2. The molecular formula is C14H18ClNO. The molecule has 0 N–H and O–H groups in total. The summed E-state index contributed by atoms with van der Waals surface area (Å²) in [5.41, 5.74) is 0. The fraction of sp³-hybridized carbons (Fsp3) is 0.286. The van der Waals surface area contributed by atoms with Crippen molar-refractivity contribution in [3.63, 3.8) is 0 Å². The highest BCUT2D eigenvalue weighted by Gasteiger charge is 2.00. The Morgan fingerprint density at radius 2 is 1.71 bits per heavy atom. The largest absolute Gasteiger partial charge is 0.492 e. The summed E-state index contributed by atoms with van der Waals surface area (Å²) in [7, 11) is 0. The van der Waals surface area contributed by atoms with Gasteiger partial charge in [0.2, 0.25) is 0 Å². The van der Waals surface area contributed by atoms with Crippen LogP contribution in [0.1, 0.15) is 0 Å². The van der Waals surface area contributed by atoms with E-state index in [2.05, 4.69) is 18.1 Å². The van der Waals surface area contributed by atoms with E-state index >= 15 is 0 Å². The van der Waals surface area contributed by atoms with Crippen molar-refractivity contribution in [3.05, 3.63) is 54.6 Å². The molecule has 2 nitrogen and oxygen atoms in total. The Kier molecular flexibility index (Phi) is 6.45. The van der Waals surface area contributed by atoms with Gasteiger partial charge in [-0.2, -0.15) is 0 Å². The maximum Gasteiger partial charge on any atom is 0.119 e. The van der Waals surface area contributed by atoms with E-state index in [-0.39, 0.29) is 0 Å². The second-order valence-corrected chi connectivity index (χ2v) is 4.08. The lowest BCUT2D eigenvalue weighted by Crippen LogP contribution is -2.28. The van der Waals surface area contributed by atoms with Gasteiger partial charge in [0.15, 0.2) is 0 Å². The number of halogens is 1. The molecule has 0 aromatic heterocycles. The fourth-order valence-corrected chi connectivity index (χ4v) is 1.57. The molecular weight excluding hydrogens is 234 g/mol. The second kappa shape index (κ2) is 7.93. The Bertz CT molecular complexity index is 338. The van der Waals surface area contributed by atoms with Crippen molar-refractivity contribution in [2.75, 3.05) is 26.2 Å². The summed E-state index contributed by atoms with van der Waals surface area (Å²) in [6, 6.07) is 7.38. The zero-order valence-corrected chi connectivity index (χ0v) is 10.7. The first-order valence-electron chi connectivity index (χ1n) is 5.58. The minimum Gasteiger partial charge on any atom is -0.492 e. The van der Waals surface area contributed by atoms with E-state index in [0.717, 1.165) is 30.4 Å². The van der Waals surface area contributed by atoms with Crippen LogP contribution in [0.3, 0.4) is 0 Å². The van der Waals surface area contributed by atoms with Gasteiger partial charge in [0.05, 0.1) is 0 Å². The average molecular weight is 252 g/mol. The molecule has 0 fully saturated rings. The fourth-order valence-electron chi connectivity index (χ4n) is 1.45. The predicted octanol–water partition coefficient (Wildman–Crippen LogP) is 3.39. The Morgan fingerprint density at radius 1 is 1.12 bits per heavy atom. The van der Waals surface area contributed by atoms with Crippen molar-refractivity contribution in [1.29, 1.82) is 0 Å². The first-order valence-corrected chi connectivity index (χ1v) is 5.96. The lowest BCUT2D eigenvalue weighted by molar-refractivity contribution is 0.236. The molecule has 0 bridgehead atoms. The third-order valence-corrected chi connectivity index (χ3v) is 2.52. The summed E-state index contributed by atoms with van der Waals surface area (Å²) in [6.45, 7) is 10.6. The lowest BCUT2D eigenvalue weighted by Gasteiger charge is -2.18. The molecule has 0 radical (unpaired) electrons. The molecule has 0 atom stereocenters. The van der Waals surface area contributed by atoms with Crippen molar-refractivity contribution in [2.24, 2.45) is 0 Å². The van der Waals surface area contributed by atoms with E-state index in [1.165, 1.54) is 0 Å². The SMILES string of the molecule is C=CCN(CC=C)CCOc1ccc(Cl)cc1. The topological polar surface area (TPSA) is 12.5 Å². The quantitative estimate of drug-likeness (QED) is 0.657. The number of hydrogen-bond donors (Lipinski definition) is 0. The highest BCUT2D eigenvalue weighted by atomic mass is 35.5. The third-order valence-electron chi connectivity index (χ3n) is 2.26. The highest BCUT2D eigenvalue weighted by molar-refractivity contribution is 6.30. The van der Waals surface area contributed by atoms with Gasteiger partial charge in [0.1, 0.15) is 12.4 Å². The van der Waals surface area contributed by atoms with Crippen molar-refractivity contribution in [1.82, 2.24) is 4.90 Å². The smallest absolute Gasteiger partial charge is 0.119 e. The average Bonchev–Trinajstić information content (AvgIpc) is 2.32. The molecule has 0 unspecified atom stereocenters. The first kappa shape index (κ1) is 13.8. The Balaban J connectivity index is 2.32. The maximum atomic E-state index is 5.79. The van der Waals surface area contributed by atoms with Crippen LogP contribution in [-0.4, -0.2) is 31.1 Å². The molecule has 1 rings (SSSR count). The molecule has 17 heavy (non-hydrogen) atoms. The van der Waals surface area contributed by atoms with Gasteiger partial charge >= 0.3 is 0 Å². The molecule has 1 aromatic rings. The van der Waals surface area contributed by atoms with Crippen molar-refractivity contribution in [3.8, 4) is 5.75 Å². The van der Waals surface area contributed by atoms with Crippen LogP contribution in [0.4, 0.5) is 0 Å². The molecule has 0 spiro atoms. The van der Waals surface area contributed by atoms with Gasteiger partial charge in [-0.15, -0.1) is 13.2 Å². The number of rotatable bonds is 8. The van der Waals surface area contributed by atoms with E-state index in [4.69, 9.17) is 16.3 Å². The van der Waals surface area contributed by atoms with Gasteiger partial charge < -0.3 is 4.74 Å². The summed E-state index contributed by atoms with van der Waals surface area (Å²) >= 11 is 5.79. The van der Waals surface area contributed by atoms with Gasteiger partial charge in [0, 0.05) is 24.7 Å². The molecule has 0 aliphatic rings. The van der Waals surface area contributed by atoms with E-state index < -0.39 is 0 Å². The van der Waals surface area contributed by atoms with Gasteiger partial charge in [-0.1, -0.05) is 23.8 Å². The molecule has 0 heterocycles. The van der Waals surface area contributed by atoms with E-state index in [9.17, 15) is 0 Å². The van der Waals surface area contributed by atoms with Gasteiger partial charge in [-0.3, -0.25) is 4.90 Å². The van der Waals surface area contributed by atoms with Crippen LogP contribution in [-0.2, 0) is 0 Å². The minimum atomic E-state index is 0.642. The number of ether oxygens (including phenoxy) is 1. The molecule has 3 heteroatoms. The van der Waals surface area contributed by atoms with Crippen LogP contribution in [0.5, 0.6) is 5.75 Å². The van der Waals surface area contributed by atoms with Crippen molar-refractivity contribution >= 4 is 11.6 Å². The monoisotopic (exact) mass is 251 g/mol. The van der Waals surface area contributed by atoms with Crippen LogP contribution in [0.15, 0.2) is 49.6 Å². The number of benzene rings is 1. The predicted molar refractivity (Wildman–Crippen MR) is 73.8 cm³/mol. The van der Waals surface area contributed by atoms with Crippen LogP contribution >= 0.6 is 11.6 Å². The zero-order valence-electron chi connectivity index (χ0n) is 9.94. The van der Waals surface area contributed by atoms with Crippen molar-refractivity contribution in [2.45, 2.75) is 0 Å². The Labute approximate surface area is 108 Å². The van der Waals surface area contributed by atoms with Crippen LogP contribution < -0.4 is 4.74 Å². The van der Waals surface area contributed by atoms with Gasteiger partial charge in [-0.05, 0) is 24.3 Å². The second-order valence-electron chi connectivity index (χ2n) is 3.64. The van der Waals surface area contributed by atoms with Gasteiger partial charge in [-0.25, -0.2) is 0 Å². The molecule has 92 valence electrons. The standard InChI is InChI=1S/C14H18ClNO/c1-3-9-16(10-4-2)11-12-17-14-7-5-13(15)6-8-14/h3-8H,1-2,9-12H2. The molecule has 0 aliphatic carbocycles. The maximum absolute atomic E-state index is 5.79. The Morgan fingerprint density at radius 3 is 2.24 bits per heavy atom. The lowest BCUT2D eigenvalue weighted by atomic mass is 10.3. The normalized spacial score (nSPS) is 10.2. The van der Waals surface area contributed by atoms with Crippen molar-refractivity contribution < 1.29 is 4.74 Å². The minimum absolute atomic E-state index is 0.642. The summed E-state index contributed by atoms with van der Waals surface area (Å²) in [5.74, 6) is 0.839. The van der Waals surface area contributed by atoms with Gasteiger partial charge in [0.25, 0.3) is 0 Å². The third kappa shape index (κ3) is 5.57. The molecule has 0 amide bonds. The number of nitrogens with zero attached hydrogens (tertiary/aromatic N) is 1. The first-order chi connectivity index (χ1) is 8.26. The zero-order chi connectivity index (χ0) is 12.5. The molecule has 0 aliphatic heterocycles. The van der Waals surface area contributed by atoms with Crippen LogP contribution in [0.25, 0.3) is 0 Å². The van der Waals surface area contributed by atoms with Crippen LogP contribution in [0, 0.1) is 0 Å². The Hall–Kier alpha value is -1.25. The molecule has 0 saturated heterocycles. The molecule has 1 aromatic carbocycles. The van der Waals surface area contributed by atoms with Crippen LogP contribution in [0.2, 0.25) is 5.02 Å². The van der Waals surface area contributed by atoms with E-state index in [1.807, 2.05) is 36.4 Å². The van der Waals surface area contributed by atoms with E-state index in [1.54, 1.807) is 0 Å².